The van der Waals surface area contributed by atoms with E-state index in [4.69, 9.17) is 0 Å². The molecule has 1 amide bonds. The molecule has 1 fully saturated rings. The van der Waals surface area contributed by atoms with Gasteiger partial charge >= 0.3 is 0 Å². The molecule has 2 aromatic carbocycles. The summed E-state index contributed by atoms with van der Waals surface area (Å²) in [6.07, 6.45) is 1.50. The third-order valence-electron chi connectivity index (χ3n) is 4.66. The fourth-order valence-electron chi connectivity index (χ4n) is 3.20. The molecule has 6 nitrogen and oxygen atoms in total. The maximum Gasteiger partial charge on any atom is 0.256 e. The van der Waals surface area contributed by atoms with Gasteiger partial charge in [-0.05, 0) is 24.3 Å². The fraction of sp³-hybridized carbons (Fsp3) is 0.190. The molecule has 0 bridgehead atoms. The normalized spacial score (nSPS) is 14.1. The number of benzene rings is 2. The maximum absolute atomic E-state index is 12.3. The van der Waals surface area contributed by atoms with Crippen molar-refractivity contribution in [3.8, 4) is 0 Å². The number of carbonyl (C=O) groups excluding carboxylic acids is 1. The smallest absolute Gasteiger partial charge is 0.256 e. The van der Waals surface area contributed by atoms with E-state index in [1.807, 2.05) is 30.3 Å². The third kappa shape index (κ3) is 4.06. The van der Waals surface area contributed by atoms with Gasteiger partial charge in [0.05, 0.1) is 0 Å². The van der Waals surface area contributed by atoms with Gasteiger partial charge in [-0.15, -0.1) is 0 Å². The molecule has 1 aliphatic heterocycles. The predicted molar refractivity (Wildman–Crippen MR) is 107 cm³/mol. The van der Waals surface area contributed by atoms with E-state index in [1.165, 1.54) is 12.0 Å². The van der Waals surface area contributed by atoms with Crippen LogP contribution in [0.15, 0.2) is 73.1 Å². The molecule has 4 rings (SSSR count). The van der Waals surface area contributed by atoms with E-state index in [0.717, 1.165) is 32.0 Å². The molecular weight excluding hydrogens is 338 g/mol. The maximum atomic E-state index is 12.3. The lowest BCUT2D eigenvalue weighted by atomic mass is 10.2. The number of carbonyl (C=O) groups is 1. The molecule has 3 aromatic rings. The Labute approximate surface area is 158 Å². The molecule has 6 heteroatoms. The van der Waals surface area contributed by atoms with Gasteiger partial charge in [-0.2, -0.15) is 0 Å². The van der Waals surface area contributed by atoms with Crippen LogP contribution in [0.1, 0.15) is 10.4 Å². The minimum Gasteiger partial charge on any atom is -0.368 e. The minimum absolute atomic E-state index is 0.172. The number of anilines is 3. The average molecular weight is 359 g/mol. The standard InChI is InChI=1S/C21H21N5O/c27-21(17-7-3-1-4-8-17)24-19-15-20(23-16-22-19)26-13-11-25(12-14-26)18-9-5-2-6-10-18/h1-10,15-16H,11-14H2,(H,22,23,24,27). The molecule has 136 valence electrons. The second-order valence-corrected chi connectivity index (χ2v) is 6.39. The zero-order valence-electron chi connectivity index (χ0n) is 15.0. The number of hydrogen-bond donors (Lipinski definition) is 1. The number of aromatic nitrogens is 2. The van der Waals surface area contributed by atoms with Crippen molar-refractivity contribution in [3.05, 3.63) is 78.6 Å². The highest BCUT2D eigenvalue weighted by molar-refractivity contribution is 6.03. The molecule has 1 aliphatic rings. The van der Waals surface area contributed by atoms with Crippen molar-refractivity contribution in [2.45, 2.75) is 0 Å². The molecule has 1 aromatic heterocycles. The zero-order chi connectivity index (χ0) is 18.5. The summed E-state index contributed by atoms with van der Waals surface area (Å²) in [6, 6.07) is 21.4. The van der Waals surface area contributed by atoms with E-state index in [1.54, 1.807) is 12.1 Å². The molecule has 0 aliphatic carbocycles. The summed E-state index contributed by atoms with van der Waals surface area (Å²) >= 11 is 0. The monoisotopic (exact) mass is 359 g/mol. The van der Waals surface area contributed by atoms with Crippen LogP contribution in [0, 0.1) is 0 Å². The summed E-state index contributed by atoms with van der Waals surface area (Å²) in [4.78, 5) is 25.5. The van der Waals surface area contributed by atoms with Crippen LogP contribution in [-0.2, 0) is 0 Å². The molecule has 0 saturated carbocycles. The molecule has 0 atom stereocenters. The Hall–Kier alpha value is -3.41. The number of nitrogens with one attached hydrogen (secondary N) is 1. The van der Waals surface area contributed by atoms with E-state index < -0.39 is 0 Å². The molecule has 0 unspecified atom stereocenters. The molecule has 1 saturated heterocycles. The van der Waals surface area contributed by atoms with E-state index in [0.29, 0.717) is 11.4 Å². The van der Waals surface area contributed by atoms with Crippen molar-refractivity contribution in [2.75, 3.05) is 41.3 Å². The van der Waals surface area contributed by atoms with E-state index in [2.05, 4.69) is 49.4 Å². The summed E-state index contributed by atoms with van der Waals surface area (Å²) in [5, 5.41) is 2.85. The predicted octanol–water partition coefficient (Wildman–Crippen LogP) is 3.06. The van der Waals surface area contributed by atoms with Crippen LogP contribution in [0.4, 0.5) is 17.3 Å². The first-order valence-electron chi connectivity index (χ1n) is 9.03. The Morgan fingerprint density at radius 1 is 0.815 bits per heavy atom. The van der Waals surface area contributed by atoms with Gasteiger partial charge in [0, 0.05) is 43.5 Å². The average Bonchev–Trinajstić information content (AvgIpc) is 2.75. The number of piperazine rings is 1. The van der Waals surface area contributed by atoms with Gasteiger partial charge in [0.2, 0.25) is 0 Å². The number of amides is 1. The summed E-state index contributed by atoms with van der Waals surface area (Å²) < 4.78 is 0. The van der Waals surface area contributed by atoms with Gasteiger partial charge in [-0.3, -0.25) is 4.79 Å². The van der Waals surface area contributed by atoms with Gasteiger partial charge in [-0.1, -0.05) is 36.4 Å². The van der Waals surface area contributed by atoms with Gasteiger partial charge in [0.15, 0.2) is 0 Å². The van der Waals surface area contributed by atoms with Gasteiger partial charge in [-0.25, -0.2) is 9.97 Å². The number of hydrogen-bond acceptors (Lipinski definition) is 5. The lowest BCUT2D eigenvalue weighted by Crippen LogP contribution is -2.46. The van der Waals surface area contributed by atoms with Crippen LogP contribution < -0.4 is 15.1 Å². The van der Waals surface area contributed by atoms with E-state index in [-0.39, 0.29) is 5.91 Å². The van der Waals surface area contributed by atoms with Crippen LogP contribution in [-0.4, -0.2) is 42.1 Å². The Morgan fingerprint density at radius 3 is 2.15 bits per heavy atom. The number of rotatable bonds is 4. The van der Waals surface area contributed by atoms with Gasteiger partial charge in [0.1, 0.15) is 18.0 Å². The van der Waals surface area contributed by atoms with Gasteiger partial charge in [0.25, 0.3) is 5.91 Å². The van der Waals surface area contributed by atoms with Crippen molar-refractivity contribution >= 4 is 23.2 Å². The molecule has 27 heavy (non-hydrogen) atoms. The van der Waals surface area contributed by atoms with Crippen LogP contribution >= 0.6 is 0 Å². The Balaban J connectivity index is 1.40. The molecule has 1 N–H and O–H groups in total. The quantitative estimate of drug-likeness (QED) is 0.776. The number of nitrogens with zero attached hydrogens (tertiary/aromatic N) is 4. The topological polar surface area (TPSA) is 61.4 Å². The molecule has 2 heterocycles. The Kier molecular flexibility index (Phi) is 4.96. The van der Waals surface area contributed by atoms with Crippen molar-refractivity contribution in [2.24, 2.45) is 0 Å². The third-order valence-corrected chi connectivity index (χ3v) is 4.66. The van der Waals surface area contributed by atoms with Crippen LogP contribution in [0.3, 0.4) is 0 Å². The SMILES string of the molecule is O=C(Nc1cc(N2CCN(c3ccccc3)CC2)ncn1)c1ccccc1. The van der Waals surface area contributed by atoms with Gasteiger partial charge < -0.3 is 15.1 Å². The summed E-state index contributed by atoms with van der Waals surface area (Å²) in [7, 11) is 0. The number of para-hydroxylation sites is 1. The first kappa shape index (κ1) is 17.0. The van der Waals surface area contributed by atoms with E-state index >= 15 is 0 Å². The lowest BCUT2D eigenvalue weighted by molar-refractivity contribution is 0.102. The van der Waals surface area contributed by atoms with Crippen LogP contribution in [0.5, 0.6) is 0 Å². The van der Waals surface area contributed by atoms with Crippen molar-refractivity contribution in [1.82, 2.24) is 9.97 Å². The van der Waals surface area contributed by atoms with Crippen molar-refractivity contribution in [3.63, 3.8) is 0 Å². The highest BCUT2D eigenvalue weighted by Crippen LogP contribution is 2.20. The van der Waals surface area contributed by atoms with Crippen LogP contribution in [0.2, 0.25) is 0 Å². The fourth-order valence-corrected chi connectivity index (χ4v) is 3.20. The van der Waals surface area contributed by atoms with E-state index in [9.17, 15) is 4.79 Å². The van der Waals surface area contributed by atoms with Crippen molar-refractivity contribution in [1.29, 1.82) is 0 Å². The molecular formula is C21H21N5O. The second kappa shape index (κ2) is 7.86. The highest BCUT2D eigenvalue weighted by atomic mass is 16.1. The second-order valence-electron chi connectivity index (χ2n) is 6.39. The summed E-state index contributed by atoms with van der Waals surface area (Å²) in [6.45, 7) is 3.61. The highest BCUT2D eigenvalue weighted by Gasteiger charge is 2.19. The van der Waals surface area contributed by atoms with Crippen LogP contribution in [0.25, 0.3) is 0 Å². The largest absolute Gasteiger partial charge is 0.368 e. The summed E-state index contributed by atoms with van der Waals surface area (Å²) in [5.41, 5.74) is 1.85. The lowest BCUT2D eigenvalue weighted by Gasteiger charge is -2.36. The summed E-state index contributed by atoms with van der Waals surface area (Å²) in [5.74, 6) is 1.18. The molecule has 0 spiro atoms. The first-order valence-corrected chi connectivity index (χ1v) is 9.03. The molecule has 0 radical (unpaired) electrons. The Morgan fingerprint density at radius 2 is 1.44 bits per heavy atom. The minimum atomic E-state index is -0.172. The first-order chi connectivity index (χ1) is 13.3. The zero-order valence-corrected chi connectivity index (χ0v) is 15.0. The Bertz CT molecular complexity index is 893. The van der Waals surface area contributed by atoms with Crippen molar-refractivity contribution < 1.29 is 4.79 Å².